The third-order valence-corrected chi connectivity index (χ3v) is 4.58. The van der Waals surface area contributed by atoms with Crippen molar-refractivity contribution in [3.8, 4) is 5.75 Å². The highest BCUT2D eigenvalue weighted by molar-refractivity contribution is 6.32. The minimum atomic E-state index is -0.0705. The monoisotopic (exact) mass is 322 g/mol. The van der Waals surface area contributed by atoms with Gasteiger partial charge in [0.15, 0.2) is 0 Å². The van der Waals surface area contributed by atoms with Crippen LogP contribution in [0.25, 0.3) is 0 Å². The summed E-state index contributed by atoms with van der Waals surface area (Å²) in [7, 11) is 1.67. The zero-order valence-electron chi connectivity index (χ0n) is 12.6. The van der Waals surface area contributed by atoms with Crippen molar-refractivity contribution in [3.63, 3.8) is 0 Å². The Morgan fingerprint density at radius 2 is 1.67 bits per heavy atom. The number of hydrogen-bond acceptors (Lipinski definition) is 1. The van der Waals surface area contributed by atoms with Gasteiger partial charge in [0.1, 0.15) is 5.75 Å². The van der Waals surface area contributed by atoms with E-state index >= 15 is 0 Å². The molecule has 1 nitrogen and oxygen atoms in total. The highest BCUT2D eigenvalue weighted by atomic mass is 35.5. The molecule has 2 rings (SSSR count). The van der Waals surface area contributed by atoms with Gasteiger partial charge in [0, 0.05) is 5.02 Å². The van der Waals surface area contributed by atoms with Gasteiger partial charge in [-0.25, -0.2) is 0 Å². The maximum Gasteiger partial charge on any atom is 0.118 e. The molecule has 0 aromatic heterocycles. The van der Waals surface area contributed by atoms with Crippen molar-refractivity contribution in [3.05, 3.63) is 63.7 Å². The van der Waals surface area contributed by atoms with Crippen molar-refractivity contribution in [2.24, 2.45) is 0 Å². The average Bonchev–Trinajstić information content (AvgIpc) is 2.49. The van der Waals surface area contributed by atoms with E-state index < -0.39 is 0 Å². The number of rotatable bonds is 5. The van der Waals surface area contributed by atoms with Crippen LogP contribution in [-0.4, -0.2) is 7.11 Å². The molecule has 0 fully saturated rings. The molecule has 0 aliphatic rings. The predicted molar refractivity (Wildman–Crippen MR) is 90.8 cm³/mol. The van der Waals surface area contributed by atoms with Crippen LogP contribution in [0.4, 0.5) is 0 Å². The van der Waals surface area contributed by atoms with Crippen LogP contribution < -0.4 is 4.74 Å². The van der Waals surface area contributed by atoms with Crippen molar-refractivity contribution < 1.29 is 4.74 Å². The van der Waals surface area contributed by atoms with Gasteiger partial charge in [0.25, 0.3) is 0 Å². The van der Waals surface area contributed by atoms with E-state index in [-0.39, 0.29) is 5.38 Å². The molecule has 0 bridgehead atoms. The Hall–Kier alpha value is -1.18. The van der Waals surface area contributed by atoms with Crippen LogP contribution in [0.2, 0.25) is 5.02 Å². The molecule has 2 aromatic rings. The van der Waals surface area contributed by atoms with Crippen LogP contribution >= 0.6 is 23.2 Å². The Morgan fingerprint density at radius 1 is 1.05 bits per heavy atom. The van der Waals surface area contributed by atoms with Crippen LogP contribution in [0.15, 0.2) is 36.4 Å². The summed E-state index contributed by atoms with van der Waals surface area (Å²) < 4.78 is 5.16. The summed E-state index contributed by atoms with van der Waals surface area (Å²) in [6, 6.07) is 12.2. The molecule has 21 heavy (non-hydrogen) atoms. The summed E-state index contributed by atoms with van der Waals surface area (Å²) in [5.74, 6) is 0.873. The summed E-state index contributed by atoms with van der Waals surface area (Å²) in [4.78, 5) is 0. The Morgan fingerprint density at radius 3 is 2.29 bits per heavy atom. The van der Waals surface area contributed by atoms with Gasteiger partial charge in [-0.1, -0.05) is 29.8 Å². The third-order valence-electron chi connectivity index (χ3n) is 3.80. The molecule has 0 amide bonds. The second kappa shape index (κ2) is 7.20. The molecule has 0 saturated heterocycles. The molecule has 1 unspecified atom stereocenters. The predicted octanol–water partition coefficient (Wildman–Crippen LogP) is 5.88. The lowest BCUT2D eigenvalue weighted by Crippen LogP contribution is -1.97. The topological polar surface area (TPSA) is 9.23 Å². The molecule has 0 heterocycles. The SMILES string of the molecule is COc1ccc(CCC(Cl)c2cc(C)c(C)cc2Cl)cc1. The lowest BCUT2D eigenvalue weighted by molar-refractivity contribution is 0.414. The van der Waals surface area contributed by atoms with Gasteiger partial charge in [-0.15, -0.1) is 11.6 Å². The van der Waals surface area contributed by atoms with E-state index in [1.165, 1.54) is 16.7 Å². The number of ether oxygens (including phenoxy) is 1. The Balaban J connectivity index is 2.04. The maximum atomic E-state index is 6.54. The Labute approximate surface area is 136 Å². The summed E-state index contributed by atoms with van der Waals surface area (Å²) in [6.07, 6.45) is 1.78. The Bertz CT molecular complexity index is 605. The molecule has 0 spiro atoms. The molecule has 1 atom stereocenters. The molecule has 112 valence electrons. The second-order valence-corrected chi connectivity index (χ2v) is 6.25. The molecule has 0 aliphatic heterocycles. The highest BCUT2D eigenvalue weighted by Crippen LogP contribution is 2.33. The highest BCUT2D eigenvalue weighted by Gasteiger charge is 2.13. The van der Waals surface area contributed by atoms with Gasteiger partial charge in [0.2, 0.25) is 0 Å². The molecule has 3 heteroatoms. The number of benzene rings is 2. The van der Waals surface area contributed by atoms with Gasteiger partial charge in [0.05, 0.1) is 12.5 Å². The molecule has 0 N–H and O–H groups in total. The number of methoxy groups -OCH3 is 1. The van der Waals surface area contributed by atoms with E-state index in [1.54, 1.807) is 7.11 Å². The average molecular weight is 323 g/mol. The van der Waals surface area contributed by atoms with E-state index in [0.29, 0.717) is 0 Å². The normalized spacial score (nSPS) is 12.2. The molecule has 0 radical (unpaired) electrons. The molecular weight excluding hydrogens is 303 g/mol. The van der Waals surface area contributed by atoms with Gasteiger partial charge < -0.3 is 4.74 Å². The lowest BCUT2D eigenvalue weighted by Gasteiger charge is -2.14. The standard InChI is InChI=1S/C18H20Cl2O/c1-12-10-16(18(20)11-13(12)2)17(19)9-6-14-4-7-15(21-3)8-5-14/h4-5,7-8,10-11,17H,6,9H2,1-3H3. The number of halogens is 2. The zero-order chi connectivity index (χ0) is 15.4. The van der Waals surface area contributed by atoms with E-state index in [2.05, 4.69) is 32.0 Å². The molecular formula is C18H20Cl2O. The summed E-state index contributed by atoms with van der Waals surface area (Å²) in [5.41, 5.74) is 4.70. The van der Waals surface area contributed by atoms with Crippen molar-refractivity contribution in [1.29, 1.82) is 0 Å². The van der Waals surface area contributed by atoms with Crippen molar-refractivity contribution in [1.82, 2.24) is 0 Å². The first-order chi connectivity index (χ1) is 10.0. The quantitative estimate of drug-likeness (QED) is 0.625. The van der Waals surface area contributed by atoms with Crippen LogP contribution in [0.5, 0.6) is 5.75 Å². The summed E-state index contributed by atoms with van der Waals surface area (Å²) >= 11 is 12.9. The first kappa shape index (κ1) is 16.2. The second-order valence-electron chi connectivity index (χ2n) is 5.31. The fraction of sp³-hybridized carbons (Fsp3) is 0.333. The van der Waals surface area contributed by atoms with Crippen molar-refractivity contribution in [2.75, 3.05) is 7.11 Å². The maximum absolute atomic E-state index is 6.54. The Kier molecular flexibility index (Phi) is 5.55. The van der Waals surface area contributed by atoms with Crippen molar-refractivity contribution >= 4 is 23.2 Å². The minimum Gasteiger partial charge on any atom is -0.497 e. The van der Waals surface area contributed by atoms with Crippen LogP contribution in [0.1, 0.15) is 34.1 Å². The van der Waals surface area contributed by atoms with Gasteiger partial charge in [-0.2, -0.15) is 0 Å². The van der Waals surface area contributed by atoms with Crippen LogP contribution in [-0.2, 0) is 6.42 Å². The van der Waals surface area contributed by atoms with Gasteiger partial charge in [-0.05, 0) is 67.1 Å². The van der Waals surface area contributed by atoms with Crippen molar-refractivity contribution in [2.45, 2.75) is 32.1 Å². The smallest absolute Gasteiger partial charge is 0.118 e. The molecule has 2 aromatic carbocycles. The van der Waals surface area contributed by atoms with Crippen LogP contribution in [0, 0.1) is 13.8 Å². The number of alkyl halides is 1. The number of aryl methyl sites for hydroxylation is 3. The summed E-state index contributed by atoms with van der Waals surface area (Å²) in [5, 5.41) is 0.687. The first-order valence-corrected chi connectivity index (χ1v) is 7.86. The fourth-order valence-electron chi connectivity index (χ4n) is 2.28. The minimum absolute atomic E-state index is 0.0705. The zero-order valence-corrected chi connectivity index (χ0v) is 14.1. The van der Waals surface area contributed by atoms with E-state index in [9.17, 15) is 0 Å². The van der Waals surface area contributed by atoms with Gasteiger partial charge >= 0.3 is 0 Å². The fourth-order valence-corrected chi connectivity index (χ4v) is 2.98. The van der Waals surface area contributed by atoms with Gasteiger partial charge in [-0.3, -0.25) is 0 Å². The van der Waals surface area contributed by atoms with E-state index in [1.807, 2.05) is 18.2 Å². The third kappa shape index (κ3) is 4.15. The lowest BCUT2D eigenvalue weighted by atomic mass is 10.00. The molecule has 0 aliphatic carbocycles. The largest absolute Gasteiger partial charge is 0.497 e. The summed E-state index contributed by atoms with van der Waals surface area (Å²) in [6.45, 7) is 4.15. The number of hydrogen-bond donors (Lipinski definition) is 0. The molecule has 0 saturated carbocycles. The van der Waals surface area contributed by atoms with E-state index in [4.69, 9.17) is 27.9 Å². The van der Waals surface area contributed by atoms with E-state index in [0.717, 1.165) is 29.2 Å². The first-order valence-electron chi connectivity index (χ1n) is 7.05. The van der Waals surface area contributed by atoms with Crippen LogP contribution in [0.3, 0.4) is 0 Å².